The number of benzene rings is 1. The van der Waals surface area contributed by atoms with E-state index in [0.717, 1.165) is 11.1 Å². The molecular formula is C16H20N2O. The summed E-state index contributed by atoms with van der Waals surface area (Å²) in [6, 6.07) is 6.15. The number of rotatable bonds is 3. The third kappa shape index (κ3) is 3.11. The molecule has 0 aliphatic heterocycles. The number of carbonyl (C=O) groups excluding carboxylic acids is 1. The fraction of sp³-hybridized carbons (Fsp3) is 0.375. The summed E-state index contributed by atoms with van der Waals surface area (Å²) in [4.78, 5) is 16.3. The number of hydrogen-bond acceptors (Lipinski definition) is 2. The average Bonchev–Trinajstić information content (AvgIpc) is 2.80. The summed E-state index contributed by atoms with van der Waals surface area (Å²) in [6.07, 6.45) is 5.16. The van der Waals surface area contributed by atoms with Gasteiger partial charge in [0.1, 0.15) is 0 Å². The molecule has 0 spiro atoms. The lowest BCUT2D eigenvalue weighted by Gasteiger charge is -2.20. The Bertz CT molecular complexity index is 577. The van der Waals surface area contributed by atoms with Crippen molar-refractivity contribution < 1.29 is 4.79 Å². The van der Waals surface area contributed by atoms with Crippen molar-refractivity contribution in [3.63, 3.8) is 0 Å². The van der Waals surface area contributed by atoms with Crippen molar-refractivity contribution in [2.24, 2.45) is 0 Å². The highest BCUT2D eigenvalue weighted by atomic mass is 16.1. The van der Waals surface area contributed by atoms with Crippen molar-refractivity contribution >= 4 is 5.78 Å². The van der Waals surface area contributed by atoms with Crippen LogP contribution in [0.5, 0.6) is 0 Å². The molecule has 3 nitrogen and oxygen atoms in total. The Balaban J connectivity index is 2.31. The molecule has 0 radical (unpaired) electrons. The van der Waals surface area contributed by atoms with E-state index in [1.807, 2.05) is 19.1 Å². The van der Waals surface area contributed by atoms with E-state index in [4.69, 9.17) is 0 Å². The first kappa shape index (κ1) is 13.5. The quantitative estimate of drug-likeness (QED) is 0.789. The summed E-state index contributed by atoms with van der Waals surface area (Å²) in [5.74, 6) is 0.126. The Kier molecular flexibility index (Phi) is 3.56. The molecule has 19 heavy (non-hydrogen) atoms. The van der Waals surface area contributed by atoms with E-state index in [9.17, 15) is 4.79 Å². The van der Waals surface area contributed by atoms with Crippen LogP contribution in [0.2, 0.25) is 0 Å². The lowest BCUT2D eigenvalue weighted by molar-refractivity contribution is 0.0971. The number of hydrogen-bond donors (Lipinski definition) is 0. The second-order valence-electron chi connectivity index (χ2n) is 5.94. The molecule has 1 aromatic carbocycles. The second-order valence-corrected chi connectivity index (χ2v) is 5.94. The van der Waals surface area contributed by atoms with Crippen LogP contribution in [0.15, 0.2) is 36.9 Å². The van der Waals surface area contributed by atoms with Crippen molar-refractivity contribution in [2.75, 3.05) is 0 Å². The maximum Gasteiger partial charge on any atom is 0.182 e. The van der Waals surface area contributed by atoms with Gasteiger partial charge in [0, 0.05) is 18.0 Å². The standard InChI is InChI=1S/C16H20N2O/c1-12-5-6-13(16(2,3)4)9-14(12)15(19)10-18-8-7-17-11-18/h5-9,11H,10H2,1-4H3. The molecule has 0 atom stereocenters. The minimum absolute atomic E-state index is 0.0533. The molecule has 0 bridgehead atoms. The molecule has 0 aliphatic carbocycles. The third-order valence-electron chi connectivity index (χ3n) is 3.29. The summed E-state index contributed by atoms with van der Waals surface area (Å²) in [5.41, 5.74) is 3.07. The summed E-state index contributed by atoms with van der Waals surface area (Å²) in [7, 11) is 0. The Morgan fingerprint density at radius 3 is 2.63 bits per heavy atom. The summed E-state index contributed by atoms with van der Waals surface area (Å²) < 4.78 is 1.80. The van der Waals surface area contributed by atoms with Gasteiger partial charge < -0.3 is 4.57 Å². The van der Waals surface area contributed by atoms with Gasteiger partial charge in [0.15, 0.2) is 5.78 Å². The molecule has 0 amide bonds. The van der Waals surface area contributed by atoms with Crippen LogP contribution < -0.4 is 0 Å². The highest BCUT2D eigenvalue weighted by Crippen LogP contribution is 2.24. The lowest BCUT2D eigenvalue weighted by atomic mass is 9.85. The third-order valence-corrected chi connectivity index (χ3v) is 3.29. The van der Waals surface area contributed by atoms with Crippen molar-refractivity contribution in [1.82, 2.24) is 9.55 Å². The van der Waals surface area contributed by atoms with Gasteiger partial charge in [-0.1, -0.05) is 32.9 Å². The summed E-state index contributed by atoms with van der Waals surface area (Å²) in [6.45, 7) is 8.79. The molecule has 0 unspecified atom stereocenters. The zero-order valence-electron chi connectivity index (χ0n) is 12.0. The Hall–Kier alpha value is -1.90. The average molecular weight is 256 g/mol. The van der Waals surface area contributed by atoms with E-state index in [1.54, 1.807) is 23.3 Å². The van der Waals surface area contributed by atoms with Gasteiger partial charge in [0.25, 0.3) is 0 Å². The van der Waals surface area contributed by atoms with Crippen molar-refractivity contribution in [2.45, 2.75) is 39.7 Å². The fourth-order valence-corrected chi connectivity index (χ4v) is 2.02. The van der Waals surface area contributed by atoms with Crippen LogP contribution in [0.25, 0.3) is 0 Å². The molecular weight excluding hydrogens is 236 g/mol. The predicted molar refractivity (Wildman–Crippen MR) is 76.4 cm³/mol. The predicted octanol–water partition coefficient (Wildman–Crippen LogP) is 3.37. The monoisotopic (exact) mass is 256 g/mol. The topological polar surface area (TPSA) is 34.9 Å². The van der Waals surface area contributed by atoms with Gasteiger partial charge in [-0.3, -0.25) is 4.79 Å². The van der Waals surface area contributed by atoms with Crippen LogP contribution in [0, 0.1) is 6.92 Å². The molecule has 100 valence electrons. The van der Waals surface area contributed by atoms with Gasteiger partial charge in [-0.2, -0.15) is 0 Å². The van der Waals surface area contributed by atoms with Crippen LogP contribution in [0.3, 0.4) is 0 Å². The molecule has 2 rings (SSSR count). The van der Waals surface area contributed by atoms with Gasteiger partial charge in [0.2, 0.25) is 0 Å². The van der Waals surface area contributed by atoms with Crippen LogP contribution >= 0.6 is 0 Å². The van der Waals surface area contributed by atoms with E-state index >= 15 is 0 Å². The first-order chi connectivity index (χ1) is 8.88. The molecule has 1 aromatic heterocycles. The molecule has 0 aliphatic rings. The van der Waals surface area contributed by atoms with Gasteiger partial charge in [-0.25, -0.2) is 4.98 Å². The van der Waals surface area contributed by atoms with Gasteiger partial charge in [0.05, 0.1) is 12.9 Å². The van der Waals surface area contributed by atoms with E-state index in [2.05, 4.69) is 31.8 Å². The van der Waals surface area contributed by atoms with Gasteiger partial charge in [-0.05, 0) is 29.5 Å². The van der Waals surface area contributed by atoms with Crippen LogP contribution in [-0.4, -0.2) is 15.3 Å². The van der Waals surface area contributed by atoms with Crippen LogP contribution in [0.4, 0.5) is 0 Å². The molecule has 0 fully saturated rings. The zero-order valence-corrected chi connectivity index (χ0v) is 12.0. The largest absolute Gasteiger partial charge is 0.330 e. The second kappa shape index (κ2) is 5.00. The number of carbonyl (C=O) groups is 1. The molecule has 1 heterocycles. The van der Waals surface area contributed by atoms with Crippen LogP contribution in [0.1, 0.15) is 42.3 Å². The maximum atomic E-state index is 12.4. The van der Waals surface area contributed by atoms with Crippen molar-refractivity contribution in [3.8, 4) is 0 Å². The number of aryl methyl sites for hydroxylation is 1. The van der Waals surface area contributed by atoms with Crippen molar-refractivity contribution in [3.05, 3.63) is 53.6 Å². The highest BCUT2D eigenvalue weighted by molar-refractivity contribution is 5.97. The Morgan fingerprint density at radius 2 is 2.05 bits per heavy atom. The maximum absolute atomic E-state index is 12.4. The van der Waals surface area contributed by atoms with Crippen LogP contribution in [-0.2, 0) is 12.0 Å². The Morgan fingerprint density at radius 1 is 1.32 bits per heavy atom. The molecule has 3 heteroatoms. The highest BCUT2D eigenvalue weighted by Gasteiger charge is 2.17. The minimum Gasteiger partial charge on any atom is -0.330 e. The zero-order chi connectivity index (χ0) is 14.0. The molecule has 0 saturated carbocycles. The smallest absolute Gasteiger partial charge is 0.182 e. The van der Waals surface area contributed by atoms with E-state index in [-0.39, 0.29) is 11.2 Å². The lowest BCUT2D eigenvalue weighted by Crippen LogP contribution is -2.15. The molecule has 0 saturated heterocycles. The number of imidazole rings is 1. The molecule has 0 N–H and O–H groups in total. The van der Waals surface area contributed by atoms with Gasteiger partial charge >= 0.3 is 0 Å². The van der Waals surface area contributed by atoms with E-state index in [1.165, 1.54) is 5.56 Å². The fourth-order valence-electron chi connectivity index (χ4n) is 2.02. The first-order valence-electron chi connectivity index (χ1n) is 6.48. The SMILES string of the molecule is Cc1ccc(C(C)(C)C)cc1C(=O)Cn1ccnc1. The number of ketones is 1. The summed E-state index contributed by atoms with van der Waals surface area (Å²) in [5, 5.41) is 0. The van der Waals surface area contributed by atoms with Gasteiger partial charge in [-0.15, -0.1) is 0 Å². The Labute approximate surface area is 114 Å². The summed E-state index contributed by atoms with van der Waals surface area (Å²) >= 11 is 0. The van der Waals surface area contributed by atoms with Crippen molar-refractivity contribution in [1.29, 1.82) is 0 Å². The number of nitrogens with zero attached hydrogens (tertiary/aromatic N) is 2. The normalized spacial score (nSPS) is 11.6. The number of Topliss-reactive ketones (excluding diaryl/α,β-unsaturated/α-hetero) is 1. The molecule has 2 aromatic rings. The number of aromatic nitrogens is 2. The van der Waals surface area contributed by atoms with E-state index < -0.39 is 0 Å². The first-order valence-corrected chi connectivity index (χ1v) is 6.48. The minimum atomic E-state index is 0.0533. The van der Waals surface area contributed by atoms with E-state index in [0.29, 0.717) is 6.54 Å².